The second-order valence-corrected chi connectivity index (χ2v) is 5.85. The molecular weight excluding hydrogens is 316 g/mol. The summed E-state index contributed by atoms with van der Waals surface area (Å²) in [6, 6.07) is 13.4. The molecule has 0 spiro atoms. The highest BCUT2D eigenvalue weighted by Gasteiger charge is 2.23. The summed E-state index contributed by atoms with van der Waals surface area (Å²) in [4.78, 5) is 16.5. The molecule has 2 amide bonds. The van der Waals surface area contributed by atoms with Gasteiger partial charge in [0.05, 0.1) is 18.7 Å². The zero-order chi connectivity index (χ0) is 17.5. The number of carbonyl (C=O) groups is 1. The molecule has 0 bridgehead atoms. The van der Waals surface area contributed by atoms with E-state index in [2.05, 4.69) is 33.8 Å². The van der Waals surface area contributed by atoms with E-state index < -0.39 is 0 Å². The molecule has 1 aromatic heterocycles. The molecule has 2 aromatic rings. The summed E-state index contributed by atoms with van der Waals surface area (Å²) in [5, 5.41) is 14.3. The van der Waals surface area contributed by atoms with Gasteiger partial charge in [0.25, 0.3) is 0 Å². The monoisotopic (exact) mass is 336 g/mol. The van der Waals surface area contributed by atoms with Crippen molar-refractivity contribution >= 4 is 11.8 Å². The third-order valence-corrected chi connectivity index (χ3v) is 4.13. The van der Waals surface area contributed by atoms with E-state index in [4.69, 9.17) is 10.00 Å². The molecular formula is C19H20N4O2. The molecule has 6 heteroatoms. The number of aromatic nitrogens is 1. The lowest BCUT2D eigenvalue weighted by Crippen LogP contribution is -2.32. The molecule has 3 rings (SSSR count). The molecule has 1 aromatic carbocycles. The van der Waals surface area contributed by atoms with Gasteiger partial charge in [-0.25, -0.2) is 9.78 Å². The molecule has 25 heavy (non-hydrogen) atoms. The minimum atomic E-state index is -0.303. The lowest BCUT2D eigenvalue weighted by Gasteiger charge is -2.16. The number of pyridine rings is 1. The number of anilines is 1. The van der Waals surface area contributed by atoms with E-state index in [1.54, 1.807) is 18.3 Å². The van der Waals surface area contributed by atoms with E-state index >= 15 is 0 Å². The number of benzene rings is 1. The van der Waals surface area contributed by atoms with Crippen molar-refractivity contribution in [2.45, 2.75) is 31.7 Å². The standard InChI is InChI=1S/C19H20N4O2/c20-11-3-4-13-25-17-8-5-12-21-18(17)23-19(24)22-16-10-9-14-6-1-2-7-15(14)16/h1-2,5-8,12,16H,3-4,9-10,13H2,(H2,21,22,23,24). The third-order valence-electron chi connectivity index (χ3n) is 4.13. The molecule has 6 nitrogen and oxygen atoms in total. The van der Waals surface area contributed by atoms with E-state index in [9.17, 15) is 4.79 Å². The van der Waals surface area contributed by atoms with Crippen LogP contribution in [0.1, 0.15) is 36.4 Å². The Morgan fingerprint density at radius 2 is 2.20 bits per heavy atom. The number of carbonyl (C=O) groups excluding carboxylic acids is 1. The third kappa shape index (κ3) is 4.27. The number of ether oxygens (including phenoxy) is 1. The molecule has 0 aliphatic heterocycles. The predicted octanol–water partition coefficient (Wildman–Crippen LogP) is 3.57. The topological polar surface area (TPSA) is 87.0 Å². The van der Waals surface area contributed by atoms with E-state index in [-0.39, 0.29) is 12.1 Å². The van der Waals surface area contributed by atoms with E-state index in [1.807, 2.05) is 12.1 Å². The number of nitrogens with zero attached hydrogens (tertiary/aromatic N) is 2. The Morgan fingerprint density at radius 1 is 1.32 bits per heavy atom. The van der Waals surface area contributed by atoms with Crippen LogP contribution in [0, 0.1) is 11.3 Å². The zero-order valence-corrected chi connectivity index (χ0v) is 13.9. The molecule has 0 fully saturated rings. The summed E-state index contributed by atoms with van der Waals surface area (Å²) >= 11 is 0. The van der Waals surface area contributed by atoms with Gasteiger partial charge >= 0.3 is 6.03 Å². The molecule has 2 N–H and O–H groups in total. The summed E-state index contributed by atoms with van der Waals surface area (Å²) in [5.74, 6) is 0.880. The first kappa shape index (κ1) is 16.8. The van der Waals surface area contributed by atoms with Crippen LogP contribution in [0.2, 0.25) is 0 Å². The largest absolute Gasteiger partial charge is 0.490 e. The highest BCUT2D eigenvalue weighted by molar-refractivity contribution is 5.90. The summed E-state index contributed by atoms with van der Waals surface area (Å²) in [6.45, 7) is 0.408. The first-order valence-corrected chi connectivity index (χ1v) is 8.38. The van der Waals surface area contributed by atoms with Crippen LogP contribution in [0.15, 0.2) is 42.6 Å². The Labute approximate surface area is 146 Å². The zero-order valence-electron chi connectivity index (χ0n) is 13.9. The number of amides is 2. The van der Waals surface area contributed by atoms with Gasteiger partial charge in [0.1, 0.15) is 0 Å². The highest BCUT2D eigenvalue weighted by atomic mass is 16.5. The average Bonchev–Trinajstić information content (AvgIpc) is 3.03. The van der Waals surface area contributed by atoms with Crippen LogP contribution in [0.4, 0.5) is 10.6 Å². The smallest absolute Gasteiger partial charge is 0.320 e. The van der Waals surface area contributed by atoms with Gasteiger partial charge in [-0.15, -0.1) is 0 Å². The summed E-state index contributed by atoms with van der Waals surface area (Å²) in [5.41, 5.74) is 2.46. The van der Waals surface area contributed by atoms with Crippen molar-refractivity contribution in [3.63, 3.8) is 0 Å². The number of nitrogens with one attached hydrogen (secondary N) is 2. The molecule has 128 valence electrons. The Bertz CT molecular complexity index is 785. The predicted molar refractivity (Wildman–Crippen MR) is 94.2 cm³/mol. The van der Waals surface area contributed by atoms with Crippen LogP contribution in [0.25, 0.3) is 0 Å². The van der Waals surface area contributed by atoms with E-state index in [0.717, 1.165) is 12.8 Å². The fraction of sp³-hybridized carbons (Fsp3) is 0.316. The fourth-order valence-corrected chi connectivity index (χ4v) is 2.94. The molecule has 0 saturated heterocycles. The van der Waals surface area contributed by atoms with Crippen LogP contribution >= 0.6 is 0 Å². The van der Waals surface area contributed by atoms with Crippen LogP contribution in [-0.4, -0.2) is 17.6 Å². The summed E-state index contributed by atoms with van der Waals surface area (Å²) < 4.78 is 5.61. The first-order chi connectivity index (χ1) is 12.3. The lowest BCUT2D eigenvalue weighted by molar-refractivity contribution is 0.248. The fourth-order valence-electron chi connectivity index (χ4n) is 2.94. The van der Waals surface area contributed by atoms with Gasteiger partial charge < -0.3 is 10.1 Å². The second-order valence-electron chi connectivity index (χ2n) is 5.85. The Kier molecular flexibility index (Phi) is 5.47. The normalized spacial score (nSPS) is 15.1. The number of urea groups is 1. The maximum absolute atomic E-state index is 12.3. The van der Waals surface area contributed by atoms with Crippen molar-refractivity contribution in [3.8, 4) is 11.8 Å². The Balaban J connectivity index is 1.59. The van der Waals surface area contributed by atoms with Gasteiger partial charge in [-0.05, 0) is 42.5 Å². The van der Waals surface area contributed by atoms with Crippen molar-refractivity contribution in [3.05, 3.63) is 53.7 Å². The lowest BCUT2D eigenvalue weighted by atomic mass is 10.1. The molecule has 1 unspecified atom stereocenters. The molecule has 1 atom stereocenters. The molecule has 0 saturated carbocycles. The number of nitriles is 1. The van der Waals surface area contributed by atoms with E-state index in [1.165, 1.54) is 11.1 Å². The second kappa shape index (κ2) is 8.15. The molecule has 1 aliphatic rings. The number of hydrogen-bond acceptors (Lipinski definition) is 4. The average molecular weight is 336 g/mol. The SMILES string of the molecule is N#CCCCOc1cccnc1NC(=O)NC1CCc2ccccc21. The summed E-state index contributed by atoms with van der Waals surface area (Å²) in [6.07, 6.45) is 4.54. The Morgan fingerprint density at radius 3 is 3.08 bits per heavy atom. The van der Waals surface area contributed by atoms with Gasteiger partial charge in [-0.1, -0.05) is 24.3 Å². The first-order valence-electron chi connectivity index (χ1n) is 8.38. The number of unbranched alkanes of at least 4 members (excludes halogenated alkanes) is 1. The van der Waals surface area contributed by atoms with Gasteiger partial charge in [0.15, 0.2) is 11.6 Å². The van der Waals surface area contributed by atoms with E-state index in [0.29, 0.717) is 31.0 Å². The van der Waals surface area contributed by atoms with Crippen LogP contribution in [0.3, 0.4) is 0 Å². The van der Waals surface area contributed by atoms with Crippen molar-refractivity contribution < 1.29 is 9.53 Å². The van der Waals surface area contributed by atoms with Crippen molar-refractivity contribution in [2.75, 3.05) is 11.9 Å². The highest BCUT2D eigenvalue weighted by Crippen LogP contribution is 2.30. The quantitative estimate of drug-likeness (QED) is 0.789. The molecule has 1 heterocycles. The number of rotatable bonds is 6. The minimum absolute atomic E-state index is 0.0138. The molecule has 0 radical (unpaired) electrons. The van der Waals surface area contributed by atoms with Crippen molar-refractivity contribution in [1.29, 1.82) is 5.26 Å². The van der Waals surface area contributed by atoms with Crippen LogP contribution < -0.4 is 15.4 Å². The number of hydrogen-bond donors (Lipinski definition) is 2. The van der Waals surface area contributed by atoms with Crippen LogP contribution in [-0.2, 0) is 6.42 Å². The van der Waals surface area contributed by atoms with Crippen molar-refractivity contribution in [1.82, 2.24) is 10.3 Å². The number of fused-ring (bicyclic) bond motifs is 1. The Hall–Kier alpha value is -3.07. The van der Waals surface area contributed by atoms with Gasteiger partial charge in [0.2, 0.25) is 0 Å². The van der Waals surface area contributed by atoms with Crippen molar-refractivity contribution in [2.24, 2.45) is 0 Å². The van der Waals surface area contributed by atoms with Gasteiger partial charge in [-0.3, -0.25) is 5.32 Å². The maximum Gasteiger partial charge on any atom is 0.320 e. The van der Waals surface area contributed by atoms with Gasteiger partial charge in [-0.2, -0.15) is 5.26 Å². The minimum Gasteiger partial charge on any atom is -0.490 e. The maximum atomic E-state index is 12.3. The number of aryl methyl sites for hydroxylation is 1. The van der Waals surface area contributed by atoms with Gasteiger partial charge in [0, 0.05) is 12.6 Å². The molecule has 1 aliphatic carbocycles. The summed E-state index contributed by atoms with van der Waals surface area (Å²) in [7, 11) is 0. The van der Waals surface area contributed by atoms with Crippen LogP contribution in [0.5, 0.6) is 5.75 Å².